The van der Waals surface area contributed by atoms with Gasteiger partial charge in [0.2, 0.25) is 0 Å². The Kier molecular flexibility index (Phi) is 3.66. The zero-order valence-corrected chi connectivity index (χ0v) is 12.0. The van der Waals surface area contributed by atoms with E-state index in [-0.39, 0.29) is 11.9 Å². The average Bonchev–Trinajstić information content (AvgIpc) is 2.93. The molecule has 1 aliphatic rings. The van der Waals surface area contributed by atoms with Gasteiger partial charge in [-0.25, -0.2) is 9.97 Å². The van der Waals surface area contributed by atoms with Crippen LogP contribution in [0.5, 0.6) is 0 Å². The second-order valence-electron chi connectivity index (χ2n) is 5.08. The highest BCUT2D eigenvalue weighted by molar-refractivity contribution is 5.95. The summed E-state index contributed by atoms with van der Waals surface area (Å²) in [5.41, 5.74) is 3.14. The van der Waals surface area contributed by atoms with Crippen LogP contribution in [0.3, 0.4) is 0 Å². The van der Waals surface area contributed by atoms with E-state index in [4.69, 9.17) is 4.74 Å². The van der Waals surface area contributed by atoms with Gasteiger partial charge in [-0.05, 0) is 19.4 Å². The number of morpholine rings is 1. The van der Waals surface area contributed by atoms with Crippen molar-refractivity contribution in [2.75, 3.05) is 19.8 Å². The maximum absolute atomic E-state index is 12.8. The molecule has 1 aliphatic heterocycles. The fourth-order valence-corrected chi connectivity index (χ4v) is 2.54. The van der Waals surface area contributed by atoms with Crippen molar-refractivity contribution in [1.82, 2.24) is 25.1 Å². The normalized spacial score (nSPS) is 18.8. The van der Waals surface area contributed by atoms with E-state index in [9.17, 15) is 4.79 Å². The number of aryl methyl sites for hydroxylation is 2. The Morgan fingerprint density at radius 3 is 3.00 bits per heavy atom. The molecule has 3 rings (SSSR count). The predicted molar refractivity (Wildman–Crippen MR) is 74.7 cm³/mol. The summed E-state index contributed by atoms with van der Waals surface area (Å²) in [5, 5.41) is 7.01. The molecule has 0 bridgehead atoms. The molecule has 0 aliphatic carbocycles. The van der Waals surface area contributed by atoms with Gasteiger partial charge in [-0.3, -0.25) is 9.89 Å². The molecule has 110 valence electrons. The molecule has 7 heteroatoms. The fourth-order valence-electron chi connectivity index (χ4n) is 2.54. The zero-order chi connectivity index (χ0) is 14.8. The van der Waals surface area contributed by atoms with Gasteiger partial charge < -0.3 is 9.64 Å². The van der Waals surface area contributed by atoms with Crippen molar-refractivity contribution >= 4 is 5.91 Å². The van der Waals surface area contributed by atoms with Crippen molar-refractivity contribution < 1.29 is 9.53 Å². The largest absolute Gasteiger partial charge is 0.377 e. The predicted octanol–water partition coefficient (Wildman–Crippen LogP) is 1.03. The van der Waals surface area contributed by atoms with Crippen LogP contribution >= 0.6 is 0 Å². The summed E-state index contributed by atoms with van der Waals surface area (Å²) in [6.45, 7) is 5.30. The average molecular weight is 287 g/mol. The van der Waals surface area contributed by atoms with Crippen LogP contribution in [-0.2, 0) is 4.74 Å². The Morgan fingerprint density at radius 2 is 2.29 bits per heavy atom. The molecule has 0 unspecified atom stereocenters. The number of amides is 1. The number of aromatic nitrogens is 4. The number of H-pyrrole nitrogens is 1. The van der Waals surface area contributed by atoms with Gasteiger partial charge in [-0.15, -0.1) is 0 Å². The molecule has 2 aromatic heterocycles. The molecule has 2 aromatic rings. The van der Waals surface area contributed by atoms with E-state index >= 15 is 0 Å². The Labute approximate surface area is 122 Å². The van der Waals surface area contributed by atoms with Crippen LogP contribution in [0.2, 0.25) is 0 Å². The van der Waals surface area contributed by atoms with E-state index in [1.807, 2.05) is 13.8 Å². The summed E-state index contributed by atoms with van der Waals surface area (Å²) < 4.78 is 5.53. The summed E-state index contributed by atoms with van der Waals surface area (Å²) >= 11 is 0. The number of hydrogen-bond acceptors (Lipinski definition) is 5. The highest BCUT2D eigenvalue weighted by Gasteiger charge is 2.32. The smallest absolute Gasteiger partial charge is 0.257 e. The second kappa shape index (κ2) is 5.61. The first-order valence-corrected chi connectivity index (χ1v) is 6.83. The summed E-state index contributed by atoms with van der Waals surface area (Å²) in [6.07, 6.45) is 4.77. The molecular weight excluding hydrogens is 270 g/mol. The number of rotatable bonds is 2. The summed E-state index contributed by atoms with van der Waals surface area (Å²) in [6, 6.07) is -0.159. The maximum Gasteiger partial charge on any atom is 0.257 e. The maximum atomic E-state index is 12.8. The molecule has 0 saturated carbocycles. The quantitative estimate of drug-likeness (QED) is 0.892. The number of nitrogens with one attached hydrogen (secondary N) is 1. The number of carbonyl (C=O) groups excluding carboxylic acids is 1. The van der Waals surface area contributed by atoms with Gasteiger partial charge in [0, 0.05) is 12.7 Å². The van der Waals surface area contributed by atoms with E-state index in [0.717, 1.165) is 11.3 Å². The van der Waals surface area contributed by atoms with Gasteiger partial charge in [0.05, 0.1) is 42.4 Å². The molecule has 1 saturated heterocycles. The van der Waals surface area contributed by atoms with Crippen LogP contribution in [0.25, 0.3) is 0 Å². The van der Waals surface area contributed by atoms with Crippen LogP contribution in [0.1, 0.15) is 33.4 Å². The van der Waals surface area contributed by atoms with Gasteiger partial charge in [-0.1, -0.05) is 0 Å². The molecule has 0 spiro atoms. The Hall–Kier alpha value is -2.28. The standard InChI is InChI=1S/C14H17N5O2/c1-9-5-17-18-13(9)12-7-21-4-3-19(12)14(20)11-6-15-8-16-10(11)2/h5-6,8,12H,3-4,7H2,1-2H3,(H,17,18)/t12-/m1/s1. The number of ether oxygens (including phenoxy) is 1. The highest BCUT2D eigenvalue weighted by atomic mass is 16.5. The summed E-state index contributed by atoms with van der Waals surface area (Å²) in [5.74, 6) is -0.0737. The minimum atomic E-state index is -0.159. The number of hydrogen-bond donors (Lipinski definition) is 1. The zero-order valence-electron chi connectivity index (χ0n) is 12.0. The Morgan fingerprint density at radius 1 is 1.43 bits per heavy atom. The van der Waals surface area contributed by atoms with Gasteiger partial charge in [0.25, 0.3) is 5.91 Å². The lowest BCUT2D eigenvalue weighted by molar-refractivity contribution is -0.00416. The summed E-state index contributed by atoms with van der Waals surface area (Å²) in [7, 11) is 0. The van der Waals surface area contributed by atoms with Crippen molar-refractivity contribution in [2.45, 2.75) is 19.9 Å². The van der Waals surface area contributed by atoms with Crippen molar-refractivity contribution in [3.05, 3.63) is 41.2 Å². The van der Waals surface area contributed by atoms with Gasteiger partial charge in [-0.2, -0.15) is 5.10 Å². The molecule has 1 fully saturated rings. The third-order valence-corrected chi connectivity index (χ3v) is 3.73. The monoisotopic (exact) mass is 287 g/mol. The molecule has 1 N–H and O–H groups in total. The SMILES string of the molecule is Cc1cn[nH]c1[C@H]1COCCN1C(=O)c1cncnc1C. The lowest BCUT2D eigenvalue weighted by Crippen LogP contribution is -2.44. The van der Waals surface area contributed by atoms with E-state index in [0.29, 0.717) is 31.0 Å². The second-order valence-corrected chi connectivity index (χ2v) is 5.08. The summed E-state index contributed by atoms with van der Waals surface area (Å²) in [4.78, 5) is 22.6. The van der Waals surface area contributed by atoms with E-state index in [2.05, 4.69) is 20.2 Å². The molecule has 1 amide bonds. The van der Waals surface area contributed by atoms with Crippen LogP contribution in [0.15, 0.2) is 18.7 Å². The minimum Gasteiger partial charge on any atom is -0.377 e. The van der Waals surface area contributed by atoms with Crippen LogP contribution in [0, 0.1) is 13.8 Å². The van der Waals surface area contributed by atoms with Crippen molar-refractivity contribution in [1.29, 1.82) is 0 Å². The lowest BCUT2D eigenvalue weighted by atomic mass is 10.1. The molecule has 0 radical (unpaired) electrons. The molecule has 7 nitrogen and oxygen atoms in total. The first kappa shape index (κ1) is 13.7. The van der Waals surface area contributed by atoms with Crippen LogP contribution < -0.4 is 0 Å². The van der Waals surface area contributed by atoms with Gasteiger partial charge in [0.1, 0.15) is 6.33 Å². The first-order chi connectivity index (χ1) is 10.2. The molecule has 3 heterocycles. The highest BCUT2D eigenvalue weighted by Crippen LogP contribution is 2.26. The van der Waals surface area contributed by atoms with E-state index in [1.165, 1.54) is 6.33 Å². The van der Waals surface area contributed by atoms with Gasteiger partial charge >= 0.3 is 0 Å². The molecular formula is C14H17N5O2. The number of aromatic amines is 1. The molecule has 1 atom stereocenters. The topological polar surface area (TPSA) is 84.0 Å². The minimum absolute atomic E-state index is 0.0737. The molecule has 21 heavy (non-hydrogen) atoms. The lowest BCUT2D eigenvalue weighted by Gasteiger charge is -2.35. The van der Waals surface area contributed by atoms with Crippen LogP contribution in [-0.4, -0.2) is 50.7 Å². The third-order valence-electron chi connectivity index (χ3n) is 3.73. The first-order valence-electron chi connectivity index (χ1n) is 6.83. The van der Waals surface area contributed by atoms with Crippen molar-refractivity contribution in [3.63, 3.8) is 0 Å². The third kappa shape index (κ3) is 2.52. The van der Waals surface area contributed by atoms with E-state index in [1.54, 1.807) is 17.3 Å². The van der Waals surface area contributed by atoms with Crippen LogP contribution in [0.4, 0.5) is 0 Å². The van der Waals surface area contributed by atoms with E-state index < -0.39 is 0 Å². The fraction of sp³-hybridized carbons (Fsp3) is 0.429. The number of carbonyl (C=O) groups is 1. The van der Waals surface area contributed by atoms with Crippen molar-refractivity contribution in [3.8, 4) is 0 Å². The van der Waals surface area contributed by atoms with Gasteiger partial charge in [0.15, 0.2) is 0 Å². The Bertz CT molecular complexity index is 654. The Balaban J connectivity index is 1.93. The molecule has 0 aromatic carbocycles. The number of nitrogens with zero attached hydrogens (tertiary/aromatic N) is 4. The van der Waals surface area contributed by atoms with Crippen molar-refractivity contribution in [2.24, 2.45) is 0 Å².